The van der Waals surface area contributed by atoms with Crippen molar-refractivity contribution in [3.63, 3.8) is 0 Å². The number of ketones is 1. The Morgan fingerprint density at radius 1 is 0.718 bits per heavy atom. The second-order valence-corrected chi connectivity index (χ2v) is 21.3. The minimum atomic E-state index is -1.43. The van der Waals surface area contributed by atoms with Crippen molar-refractivity contribution >= 4 is 120 Å². The van der Waals surface area contributed by atoms with E-state index < -0.39 is 65.7 Å². The molecule has 4 amide bonds. The third-order valence-corrected chi connectivity index (χ3v) is 15.3. The molecule has 0 aliphatic carbocycles. The molecule has 0 spiro atoms. The number of amides is 4. The third-order valence-electron chi connectivity index (χ3n) is 12.5. The van der Waals surface area contributed by atoms with E-state index in [0.717, 1.165) is 14.7 Å². The van der Waals surface area contributed by atoms with Crippen LogP contribution in [0, 0.1) is 25.5 Å². The molecular weight excluding hydrogens is 1120 g/mol. The maximum absolute atomic E-state index is 15.3. The molecule has 0 bridgehead atoms. The second kappa shape index (κ2) is 25.1. The van der Waals surface area contributed by atoms with Gasteiger partial charge in [0.1, 0.15) is 37.3 Å². The van der Waals surface area contributed by atoms with Crippen molar-refractivity contribution in [2.24, 2.45) is 11.5 Å². The van der Waals surface area contributed by atoms with Crippen LogP contribution in [-0.4, -0.2) is 102 Å². The molecule has 2 aliphatic rings. The number of alkyl halides is 2. The van der Waals surface area contributed by atoms with Crippen LogP contribution in [0.25, 0.3) is 42.7 Å². The van der Waals surface area contributed by atoms with Crippen LogP contribution in [-0.2, 0) is 38.7 Å². The van der Waals surface area contributed by atoms with Crippen molar-refractivity contribution in [3.05, 3.63) is 145 Å². The van der Waals surface area contributed by atoms with E-state index in [1.54, 1.807) is 84.9 Å². The van der Waals surface area contributed by atoms with E-state index in [1.807, 2.05) is 13.8 Å². The van der Waals surface area contributed by atoms with Crippen molar-refractivity contribution in [1.82, 2.24) is 29.8 Å². The first-order valence-corrected chi connectivity index (χ1v) is 26.0. The fraction of sp³-hybridized carbons (Fsp3) is 0.245. The average molecular weight is 1170 g/mol. The lowest BCUT2D eigenvalue weighted by Gasteiger charge is -2.24. The van der Waals surface area contributed by atoms with Gasteiger partial charge in [0.15, 0.2) is 23.0 Å². The van der Waals surface area contributed by atoms with Crippen molar-refractivity contribution in [1.29, 1.82) is 0 Å². The number of carbonyl (C=O) groups excluding carboxylic acids is 5. The number of hydrogen-bond donors (Lipinski definition) is 5. The molecule has 0 radical (unpaired) electrons. The predicted molar refractivity (Wildman–Crippen MR) is 294 cm³/mol. The minimum absolute atomic E-state index is 0. The molecule has 408 valence electrons. The molecule has 0 unspecified atom stereocenters. The van der Waals surface area contributed by atoms with Gasteiger partial charge in [0.25, 0.3) is 11.8 Å². The Morgan fingerprint density at radius 3 is 1.74 bits per heavy atom. The zero-order chi connectivity index (χ0) is 55.4. The quantitative estimate of drug-likeness (QED) is 0.0685. The van der Waals surface area contributed by atoms with Crippen molar-refractivity contribution < 1.29 is 51.4 Å². The predicted octanol–water partition coefficient (Wildman–Crippen LogP) is 9.51. The van der Waals surface area contributed by atoms with Gasteiger partial charge in [-0.1, -0.05) is 89.9 Å². The number of carbonyl (C=O) groups is 6. The van der Waals surface area contributed by atoms with Crippen LogP contribution in [0.5, 0.6) is 0 Å². The number of benzene rings is 4. The van der Waals surface area contributed by atoms with E-state index in [4.69, 9.17) is 39.8 Å². The number of fused-ring (bicyclic) bond motifs is 2. The van der Waals surface area contributed by atoms with Gasteiger partial charge in [-0.3, -0.25) is 38.1 Å². The maximum atomic E-state index is 15.3. The summed E-state index contributed by atoms with van der Waals surface area (Å²) >= 11 is 15.0. The molecule has 2 saturated heterocycles. The van der Waals surface area contributed by atoms with Gasteiger partial charge in [-0.05, 0) is 49.7 Å². The molecule has 4 aromatic carbocycles. The van der Waals surface area contributed by atoms with E-state index in [2.05, 4.69) is 20.8 Å². The number of hydrogen-bond acceptors (Lipinski definition) is 11. The van der Waals surface area contributed by atoms with Crippen LogP contribution in [0.15, 0.2) is 97.1 Å². The van der Waals surface area contributed by atoms with E-state index >= 15 is 4.39 Å². The van der Waals surface area contributed by atoms with Gasteiger partial charge in [-0.15, -0.1) is 35.1 Å². The lowest BCUT2D eigenvalue weighted by atomic mass is 9.97. The number of thiophene rings is 2. The number of Topliss-reactive ketones (excluding diaryl/α,β-unsaturated/α-hetero) is 1. The summed E-state index contributed by atoms with van der Waals surface area (Å²) in [6.45, 7) is 3.00. The topological polar surface area (TPSA) is 238 Å². The van der Waals surface area contributed by atoms with Gasteiger partial charge in [-0.25, -0.2) is 17.6 Å². The summed E-state index contributed by atoms with van der Waals surface area (Å²) in [6, 6.07) is 25.0. The summed E-state index contributed by atoms with van der Waals surface area (Å²) in [6.07, 6.45) is -2.58. The third kappa shape index (κ3) is 13.0. The number of carboxylic acids is 1. The lowest BCUT2D eigenvalue weighted by Crippen LogP contribution is -2.44. The van der Waals surface area contributed by atoms with Gasteiger partial charge in [0.2, 0.25) is 11.8 Å². The van der Waals surface area contributed by atoms with E-state index in [-0.39, 0.29) is 86.3 Å². The van der Waals surface area contributed by atoms with Crippen LogP contribution in [0.2, 0.25) is 10.0 Å². The molecule has 16 nitrogen and oxygen atoms in total. The molecule has 6 heterocycles. The van der Waals surface area contributed by atoms with Gasteiger partial charge in [0, 0.05) is 67.9 Å². The molecule has 4 aromatic heterocycles. The molecule has 0 saturated carbocycles. The summed E-state index contributed by atoms with van der Waals surface area (Å²) in [5.74, 6) is -5.02. The fourth-order valence-electron chi connectivity index (χ4n) is 8.97. The number of nitrogens with one attached hydrogen (secondary N) is 2. The molecule has 7 N–H and O–H groups in total. The first-order chi connectivity index (χ1) is 36.7. The van der Waals surface area contributed by atoms with Crippen molar-refractivity contribution in [2.75, 3.05) is 18.4 Å². The monoisotopic (exact) mass is 1170 g/mol. The van der Waals surface area contributed by atoms with Crippen LogP contribution < -0.4 is 22.1 Å². The normalized spacial score (nSPS) is 16.7. The Balaban J connectivity index is 0.000000187. The molecule has 8 aromatic rings. The first kappa shape index (κ1) is 58.5. The highest BCUT2D eigenvalue weighted by molar-refractivity contribution is 7.19. The summed E-state index contributed by atoms with van der Waals surface area (Å²) < 4.78 is 61.5. The molecular formula is C53H48Cl3F4N9O7S2. The number of aliphatic carboxylic acids is 1. The maximum Gasteiger partial charge on any atom is 0.325 e. The smallest absolute Gasteiger partial charge is 0.325 e. The van der Waals surface area contributed by atoms with E-state index in [1.165, 1.54) is 44.2 Å². The largest absolute Gasteiger partial charge is 0.480 e. The Kier molecular flexibility index (Phi) is 18.8. The zero-order valence-electron chi connectivity index (χ0n) is 41.3. The number of primary amides is 2. The van der Waals surface area contributed by atoms with Crippen LogP contribution in [0.3, 0.4) is 0 Å². The lowest BCUT2D eigenvalue weighted by molar-refractivity contribution is -0.138. The standard InChI is InChI=1S/C26H22ClF2N5O3S.C18H16ClF2NO.C9H9N3O3S.ClH/c1-13-9-19-24(38-13)23(25(30)36)32-34(19)12-21(35)33-11-14(28)10-20(33)26(37)31-18-8-4-6-16(22(18)29)15-5-2-3-7-17(15)27;19-15-7-2-1-5-13(15)14-6-3-4-11(18(14)21)8-17(23)16-9-12(20)10-22-16;1-4-2-5-8(16-4)7(9(10)15)11-12(5)3-6(13)14;/h2-9,14,20H,10-12H2,1H3,(H2,30,36)(H,31,37);1-7,12,16,22H,8-10H2;2H,3H2,1H3,(H2,10,15)(H,13,14);1H/t14-,20+;12-,16+;;/m11../s1. The summed E-state index contributed by atoms with van der Waals surface area (Å²) in [5, 5.41) is 22.9. The second-order valence-electron chi connectivity index (χ2n) is 18.0. The SMILES string of the molecule is Cc1cc2c(s1)c(C(N)=O)nn2CC(=O)N1C[C@H](F)C[C@H]1C(=O)Nc1cccc(-c2ccccc2Cl)c1F.Cc1cc2c(s1)c(C(N)=O)nn2CC(=O)O.Cl.O=C(Cc1cccc(-c2ccccc2Cl)c1F)[C@@H]1C[C@@H](F)CN1. The molecule has 2 aliphatic heterocycles. The van der Waals surface area contributed by atoms with Crippen LogP contribution >= 0.6 is 58.3 Å². The fourth-order valence-corrected chi connectivity index (χ4v) is 11.4. The van der Waals surface area contributed by atoms with Crippen molar-refractivity contribution in [2.45, 2.75) is 70.6 Å². The van der Waals surface area contributed by atoms with Crippen LogP contribution in [0.1, 0.15) is 49.1 Å². The Morgan fingerprint density at radius 2 is 1.23 bits per heavy atom. The Bertz CT molecular complexity index is 3610. The number of halogens is 7. The molecule has 10 rings (SSSR count). The van der Waals surface area contributed by atoms with E-state index in [9.17, 15) is 41.9 Å². The molecule has 4 atom stereocenters. The number of nitrogens with two attached hydrogens (primary N) is 2. The zero-order valence-corrected chi connectivity index (χ0v) is 45.2. The molecule has 25 heteroatoms. The number of likely N-dealkylation sites (tertiary alicyclic amines) is 1. The van der Waals surface area contributed by atoms with Crippen molar-refractivity contribution in [3.8, 4) is 22.3 Å². The highest BCUT2D eigenvalue weighted by Crippen LogP contribution is 2.35. The highest BCUT2D eigenvalue weighted by Gasteiger charge is 2.40. The van der Waals surface area contributed by atoms with Crippen LogP contribution in [0.4, 0.5) is 23.2 Å². The van der Waals surface area contributed by atoms with Gasteiger partial charge in [-0.2, -0.15) is 10.2 Å². The summed E-state index contributed by atoms with van der Waals surface area (Å²) in [5.41, 5.74) is 13.8. The van der Waals surface area contributed by atoms with Gasteiger partial charge >= 0.3 is 5.97 Å². The van der Waals surface area contributed by atoms with Gasteiger partial charge < -0.3 is 32.1 Å². The number of aromatic nitrogens is 4. The highest BCUT2D eigenvalue weighted by atomic mass is 35.5. The number of rotatable bonds is 13. The number of carboxylic acid groups (broad SMARTS) is 1. The Labute approximate surface area is 466 Å². The van der Waals surface area contributed by atoms with Gasteiger partial charge in [0.05, 0.1) is 38.7 Å². The minimum Gasteiger partial charge on any atom is -0.480 e. The number of anilines is 1. The number of nitrogens with zero attached hydrogens (tertiary/aromatic N) is 5. The number of aryl methyl sites for hydroxylation is 2. The molecule has 2 fully saturated rings. The average Bonchev–Trinajstić information content (AvgIpc) is 4.26. The molecule has 78 heavy (non-hydrogen) atoms. The first-order valence-electron chi connectivity index (χ1n) is 23.6. The Hall–Kier alpha value is -7.21. The summed E-state index contributed by atoms with van der Waals surface area (Å²) in [7, 11) is 0. The summed E-state index contributed by atoms with van der Waals surface area (Å²) in [4.78, 5) is 75.1. The van der Waals surface area contributed by atoms with E-state index in [0.29, 0.717) is 52.7 Å².